The predicted octanol–water partition coefficient (Wildman–Crippen LogP) is 1.11. The molecule has 2 aliphatic heterocycles. The van der Waals surface area contributed by atoms with E-state index >= 15 is 0 Å². The standard InChI is InChI=1S/C22H25N5O4S/c1-22(2)18(21(30)31)27-19(29)17(20(27)32-22)25-16(28)13-26(11-14-7-3-5-9-23-14)12-15-8-4-6-10-24-15/h3-10,17-18,20H,11-13H2,1-2H3,(H,25,28)(H,30,31)/t17-,18+,20?/m1/s1. The van der Waals surface area contributed by atoms with Gasteiger partial charge in [0.05, 0.1) is 17.9 Å². The van der Waals surface area contributed by atoms with Crippen LogP contribution in [0.3, 0.4) is 0 Å². The van der Waals surface area contributed by atoms with Crippen LogP contribution < -0.4 is 5.32 Å². The van der Waals surface area contributed by atoms with Crippen LogP contribution in [0.4, 0.5) is 0 Å². The Bertz CT molecular complexity index is 962. The molecule has 2 N–H and O–H groups in total. The maximum atomic E-state index is 12.9. The Morgan fingerprint density at radius 1 is 1.12 bits per heavy atom. The van der Waals surface area contributed by atoms with Gasteiger partial charge in [-0.15, -0.1) is 11.8 Å². The predicted molar refractivity (Wildman–Crippen MR) is 118 cm³/mol. The molecule has 168 valence electrons. The highest BCUT2D eigenvalue weighted by molar-refractivity contribution is 8.01. The minimum Gasteiger partial charge on any atom is -0.480 e. The second kappa shape index (κ2) is 8.87. The van der Waals surface area contributed by atoms with Gasteiger partial charge in [0.2, 0.25) is 11.8 Å². The van der Waals surface area contributed by atoms with Crippen LogP contribution in [0, 0.1) is 0 Å². The monoisotopic (exact) mass is 455 g/mol. The highest BCUT2D eigenvalue weighted by Crippen LogP contribution is 2.50. The van der Waals surface area contributed by atoms with Gasteiger partial charge in [-0.3, -0.25) is 24.5 Å². The van der Waals surface area contributed by atoms with Gasteiger partial charge in [-0.2, -0.15) is 0 Å². The Kier molecular flexibility index (Phi) is 6.16. The molecule has 0 aliphatic carbocycles. The molecule has 0 saturated carbocycles. The smallest absolute Gasteiger partial charge is 0.327 e. The zero-order chi connectivity index (χ0) is 22.9. The molecule has 0 bridgehead atoms. The third-order valence-corrected chi connectivity index (χ3v) is 7.15. The molecular formula is C22H25N5O4S. The van der Waals surface area contributed by atoms with Crippen LogP contribution in [0.25, 0.3) is 0 Å². The van der Waals surface area contributed by atoms with E-state index in [1.54, 1.807) is 12.4 Å². The molecule has 2 aromatic heterocycles. The van der Waals surface area contributed by atoms with Gasteiger partial charge in [0.1, 0.15) is 17.5 Å². The number of hydrogen-bond acceptors (Lipinski definition) is 7. The topological polar surface area (TPSA) is 116 Å². The van der Waals surface area contributed by atoms with Gasteiger partial charge in [0, 0.05) is 30.2 Å². The van der Waals surface area contributed by atoms with E-state index in [1.807, 2.05) is 55.1 Å². The molecular weight excluding hydrogens is 430 g/mol. The van der Waals surface area contributed by atoms with E-state index in [4.69, 9.17) is 0 Å². The summed E-state index contributed by atoms with van der Waals surface area (Å²) in [5.41, 5.74) is 1.64. The lowest BCUT2D eigenvalue weighted by atomic mass is 9.96. The molecule has 4 heterocycles. The molecule has 2 aliphatic rings. The number of carbonyl (C=O) groups is 3. The third kappa shape index (κ3) is 4.46. The molecule has 4 rings (SSSR count). The van der Waals surface area contributed by atoms with Crippen LogP contribution >= 0.6 is 11.8 Å². The Morgan fingerprint density at radius 3 is 2.22 bits per heavy atom. The van der Waals surface area contributed by atoms with Crippen LogP contribution in [-0.4, -0.2) is 71.4 Å². The first-order valence-corrected chi connectivity index (χ1v) is 11.2. The number of carboxylic acid groups (broad SMARTS) is 1. The van der Waals surface area contributed by atoms with Crippen LogP contribution in [0.15, 0.2) is 48.8 Å². The SMILES string of the molecule is CC1(C)SC2[C@H](NC(=O)CN(Cc3ccccn3)Cc3ccccn3)C(=O)N2[C@H]1C(=O)O. The summed E-state index contributed by atoms with van der Waals surface area (Å²) in [5, 5.41) is 12.0. The molecule has 2 aromatic rings. The number of carboxylic acids is 1. The lowest BCUT2D eigenvalue weighted by molar-refractivity contribution is -0.161. The summed E-state index contributed by atoms with van der Waals surface area (Å²) in [6, 6.07) is 9.60. The van der Waals surface area contributed by atoms with Crippen molar-refractivity contribution in [1.29, 1.82) is 0 Å². The lowest BCUT2D eigenvalue weighted by Crippen LogP contribution is -2.71. The number of β-lactam (4-membered cyclic amide) rings is 1. The van der Waals surface area contributed by atoms with Crippen LogP contribution in [0.2, 0.25) is 0 Å². The fraction of sp³-hybridized carbons (Fsp3) is 0.409. The van der Waals surface area contributed by atoms with Gasteiger partial charge >= 0.3 is 5.97 Å². The summed E-state index contributed by atoms with van der Waals surface area (Å²) < 4.78 is -0.629. The number of aliphatic carboxylic acids is 1. The average Bonchev–Trinajstić information content (AvgIpc) is 3.01. The van der Waals surface area contributed by atoms with E-state index in [0.717, 1.165) is 11.4 Å². The number of carbonyl (C=O) groups excluding carboxylic acids is 2. The van der Waals surface area contributed by atoms with E-state index in [9.17, 15) is 19.5 Å². The first kappa shape index (κ1) is 22.2. The Labute approximate surface area is 190 Å². The molecule has 32 heavy (non-hydrogen) atoms. The molecule has 9 nitrogen and oxygen atoms in total. The van der Waals surface area contributed by atoms with Crippen molar-refractivity contribution in [3.63, 3.8) is 0 Å². The number of fused-ring (bicyclic) bond motifs is 1. The van der Waals surface area contributed by atoms with Crippen molar-refractivity contribution in [2.24, 2.45) is 0 Å². The van der Waals surface area contributed by atoms with Crippen molar-refractivity contribution in [3.8, 4) is 0 Å². The maximum absolute atomic E-state index is 12.9. The first-order valence-electron chi connectivity index (χ1n) is 10.3. The Morgan fingerprint density at radius 2 is 1.72 bits per heavy atom. The summed E-state index contributed by atoms with van der Waals surface area (Å²) in [4.78, 5) is 49.1. The minimum absolute atomic E-state index is 0.0556. The maximum Gasteiger partial charge on any atom is 0.327 e. The number of aromatic nitrogens is 2. The fourth-order valence-corrected chi connectivity index (χ4v) is 5.80. The van der Waals surface area contributed by atoms with Gasteiger partial charge in [0.25, 0.3) is 0 Å². The summed E-state index contributed by atoms with van der Waals surface area (Å²) in [5.74, 6) is -1.68. The normalized spacial score (nSPS) is 23.5. The van der Waals surface area contributed by atoms with Crippen molar-refractivity contribution in [1.82, 2.24) is 25.1 Å². The quantitative estimate of drug-likeness (QED) is 0.569. The molecule has 10 heteroatoms. The number of amides is 2. The van der Waals surface area contributed by atoms with Crippen LogP contribution in [0.5, 0.6) is 0 Å². The molecule has 3 atom stereocenters. The summed E-state index contributed by atoms with van der Waals surface area (Å²) >= 11 is 1.41. The third-order valence-electron chi connectivity index (χ3n) is 5.58. The van der Waals surface area contributed by atoms with Crippen molar-refractivity contribution in [2.75, 3.05) is 6.54 Å². The van der Waals surface area contributed by atoms with E-state index < -0.39 is 22.8 Å². The van der Waals surface area contributed by atoms with Crippen molar-refractivity contribution >= 4 is 29.5 Å². The molecule has 0 radical (unpaired) electrons. The summed E-state index contributed by atoms with van der Waals surface area (Å²) in [6.45, 7) is 4.56. The van der Waals surface area contributed by atoms with Crippen molar-refractivity contribution in [2.45, 2.75) is 49.1 Å². The average molecular weight is 456 g/mol. The molecule has 1 unspecified atom stereocenters. The highest BCUT2D eigenvalue weighted by atomic mass is 32.2. The zero-order valence-corrected chi connectivity index (χ0v) is 18.7. The van der Waals surface area contributed by atoms with E-state index in [1.165, 1.54) is 16.7 Å². The molecule has 2 saturated heterocycles. The second-order valence-corrected chi connectivity index (χ2v) is 10.2. The summed E-state index contributed by atoms with van der Waals surface area (Å²) in [7, 11) is 0. The van der Waals surface area contributed by atoms with Crippen molar-refractivity contribution < 1.29 is 19.5 Å². The van der Waals surface area contributed by atoms with Gasteiger partial charge in [0.15, 0.2) is 0 Å². The number of nitrogens with one attached hydrogen (secondary N) is 1. The minimum atomic E-state index is -1.03. The Balaban J connectivity index is 1.42. The lowest BCUT2D eigenvalue weighted by Gasteiger charge is -2.43. The second-order valence-electron chi connectivity index (χ2n) is 8.43. The van der Waals surface area contributed by atoms with Crippen LogP contribution in [0.1, 0.15) is 25.2 Å². The Hall–Kier alpha value is -2.98. The highest BCUT2D eigenvalue weighted by Gasteiger charge is 2.64. The van der Waals surface area contributed by atoms with Crippen molar-refractivity contribution in [3.05, 3.63) is 60.2 Å². The molecule has 2 amide bonds. The zero-order valence-electron chi connectivity index (χ0n) is 17.8. The molecule has 2 fully saturated rings. The van der Waals surface area contributed by atoms with Gasteiger partial charge in [-0.25, -0.2) is 4.79 Å². The van der Waals surface area contributed by atoms with E-state index in [0.29, 0.717) is 13.1 Å². The molecule has 0 aromatic carbocycles. The largest absolute Gasteiger partial charge is 0.480 e. The number of hydrogen-bond donors (Lipinski definition) is 2. The van der Waals surface area contributed by atoms with Crippen LogP contribution in [-0.2, 0) is 27.5 Å². The number of rotatable bonds is 8. The molecule has 0 spiro atoms. The number of pyridine rings is 2. The van der Waals surface area contributed by atoms with Gasteiger partial charge in [-0.05, 0) is 38.1 Å². The number of nitrogens with zero attached hydrogens (tertiary/aromatic N) is 4. The first-order chi connectivity index (χ1) is 15.3. The number of thioether (sulfide) groups is 1. The van der Waals surface area contributed by atoms with Gasteiger partial charge < -0.3 is 15.3 Å². The summed E-state index contributed by atoms with van der Waals surface area (Å²) in [6.07, 6.45) is 3.40. The van der Waals surface area contributed by atoms with E-state index in [2.05, 4.69) is 15.3 Å². The van der Waals surface area contributed by atoms with Gasteiger partial charge in [-0.1, -0.05) is 12.1 Å². The van der Waals surface area contributed by atoms with E-state index in [-0.39, 0.29) is 23.7 Å². The fourth-order valence-electron chi connectivity index (χ4n) is 4.18.